The van der Waals surface area contributed by atoms with Crippen molar-refractivity contribution in [3.05, 3.63) is 58.3 Å². The van der Waals surface area contributed by atoms with Gasteiger partial charge in [-0.3, -0.25) is 10.1 Å². The molecule has 1 aromatic heterocycles. The molecule has 0 bridgehead atoms. The SMILES string of the molecule is COc1cc(Nc2nccc3c([N+](=O)[O-])c(C)ccc23)cc(OC)c1. The number of fused-ring (bicyclic) bond motifs is 1. The molecule has 0 saturated heterocycles. The molecule has 0 atom stereocenters. The minimum absolute atomic E-state index is 0.0890. The third kappa shape index (κ3) is 3.16. The first-order valence-corrected chi connectivity index (χ1v) is 7.56. The summed E-state index contributed by atoms with van der Waals surface area (Å²) in [7, 11) is 3.14. The van der Waals surface area contributed by atoms with Crippen LogP contribution in [-0.2, 0) is 0 Å². The summed E-state index contributed by atoms with van der Waals surface area (Å²) >= 11 is 0. The van der Waals surface area contributed by atoms with Gasteiger partial charge >= 0.3 is 0 Å². The van der Waals surface area contributed by atoms with E-state index < -0.39 is 0 Å². The number of benzene rings is 2. The number of aryl methyl sites for hydroxylation is 1. The fourth-order valence-electron chi connectivity index (χ4n) is 2.71. The molecule has 7 heteroatoms. The van der Waals surface area contributed by atoms with Gasteiger partial charge in [-0.2, -0.15) is 0 Å². The lowest BCUT2D eigenvalue weighted by atomic mass is 10.1. The molecule has 0 radical (unpaired) electrons. The zero-order chi connectivity index (χ0) is 18.0. The standard InChI is InChI=1S/C18H17N3O4/c1-11-4-5-16-15(17(11)21(22)23)6-7-19-18(16)20-12-8-13(24-2)10-14(9-12)25-3/h4-10H,1-3H3,(H,19,20). The maximum atomic E-state index is 11.4. The monoisotopic (exact) mass is 339 g/mol. The zero-order valence-electron chi connectivity index (χ0n) is 14.1. The highest BCUT2D eigenvalue weighted by Crippen LogP contribution is 2.34. The number of ether oxygens (including phenoxy) is 2. The van der Waals surface area contributed by atoms with E-state index in [1.807, 2.05) is 6.07 Å². The molecule has 0 aliphatic carbocycles. The van der Waals surface area contributed by atoms with Crippen molar-refractivity contribution in [1.82, 2.24) is 4.98 Å². The molecule has 3 rings (SSSR count). The first kappa shape index (κ1) is 16.5. The Morgan fingerprint density at radius 3 is 2.32 bits per heavy atom. The van der Waals surface area contributed by atoms with E-state index in [0.717, 1.165) is 0 Å². The van der Waals surface area contributed by atoms with Crippen molar-refractivity contribution >= 4 is 28.0 Å². The van der Waals surface area contributed by atoms with Crippen LogP contribution in [0.3, 0.4) is 0 Å². The maximum Gasteiger partial charge on any atom is 0.280 e. The van der Waals surface area contributed by atoms with E-state index in [9.17, 15) is 10.1 Å². The van der Waals surface area contributed by atoms with Crippen LogP contribution in [0.1, 0.15) is 5.56 Å². The van der Waals surface area contributed by atoms with Crippen LogP contribution < -0.4 is 14.8 Å². The second-order valence-electron chi connectivity index (χ2n) is 5.47. The topological polar surface area (TPSA) is 86.5 Å². The highest BCUT2D eigenvalue weighted by molar-refractivity contribution is 5.99. The zero-order valence-corrected chi connectivity index (χ0v) is 14.1. The van der Waals surface area contributed by atoms with Crippen LogP contribution in [-0.4, -0.2) is 24.1 Å². The molecule has 0 amide bonds. The predicted octanol–water partition coefficient (Wildman–Crippen LogP) is 4.21. The number of pyridine rings is 1. The lowest BCUT2D eigenvalue weighted by Gasteiger charge is -2.12. The van der Waals surface area contributed by atoms with Gasteiger partial charge in [-0.25, -0.2) is 4.98 Å². The number of anilines is 2. The summed E-state index contributed by atoms with van der Waals surface area (Å²) < 4.78 is 10.5. The van der Waals surface area contributed by atoms with Gasteiger partial charge in [0, 0.05) is 41.0 Å². The van der Waals surface area contributed by atoms with Gasteiger partial charge in [-0.1, -0.05) is 6.07 Å². The molecule has 128 valence electrons. The molecule has 0 fully saturated rings. The summed E-state index contributed by atoms with van der Waals surface area (Å²) in [6, 6.07) is 10.6. The largest absolute Gasteiger partial charge is 0.497 e. The Labute approximate surface area is 144 Å². The van der Waals surface area contributed by atoms with Gasteiger partial charge < -0.3 is 14.8 Å². The van der Waals surface area contributed by atoms with Crippen LogP contribution >= 0.6 is 0 Å². The van der Waals surface area contributed by atoms with E-state index in [1.165, 1.54) is 0 Å². The predicted molar refractivity (Wildman–Crippen MR) is 96.0 cm³/mol. The normalized spacial score (nSPS) is 10.5. The molecule has 25 heavy (non-hydrogen) atoms. The number of rotatable bonds is 5. The lowest BCUT2D eigenvalue weighted by molar-refractivity contribution is -0.383. The number of aromatic nitrogens is 1. The molecular weight excluding hydrogens is 322 g/mol. The molecule has 0 unspecified atom stereocenters. The Kier molecular flexibility index (Phi) is 4.38. The Morgan fingerprint density at radius 1 is 1.04 bits per heavy atom. The third-order valence-electron chi connectivity index (χ3n) is 3.92. The van der Waals surface area contributed by atoms with E-state index in [4.69, 9.17) is 9.47 Å². The minimum atomic E-state index is -0.365. The third-order valence-corrected chi connectivity index (χ3v) is 3.92. The molecule has 1 heterocycles. The Morgan fingerprint density at radius 2 is 1.72 bits per heavy atom. The van der Waals surface area contributed by atoms with Crippen molar-refractivity contribution in [3.63, 3.8) is 0 Å². The summed E-state index contributed by atoms with van der Waals surface area (Å²) in [6.07, 6.45) is 1.55. The molecule has 0 spiro atoms. The van der Waals surface area contributed by atoms with Crippen molar-refractivity contribution in [2.75, 3.05) is 19.5 Å². The Bertz CT molecular complexity index is 934. The van der Waals surface area contributed by atoms with Crippen molar-refractivity contribution in [2.45, 2.75) is 6.92 Å². The van der Waals surface area contributed by atoms with Crippen LogP contribution in [0.4, 0.5) is 17.2 Å². The molecule has 2 aromatic carbocycles. The van der Waals surface area contributed by atoms with Crippen LogP contribution in [0.15, 0.2) is 42.6 Å². The van der Waals surface area contributed by atoms with E-state index >= 15 is 0 Å². The highest BCUT2D eigenvalue weighted by atomic mass is 16.6. The number of hydrogen-bond donors (Lipinski definition) is 1. The van der Waals surface area contributed by atoms with E-state index in [-0.39, 0.29) is 10.6 Å². The summed E-state index contributed by atoms with van der Waals surface area (Å²) in [4.78, 5) is 15.4. The molecular formula is C18H17N3O4. The maximum absolute atomic E-state index is 11.4. The van der Waals surface area contributed by atoms with Gasteiger partial charge in [-0.15, -0.1) is 0 Å². The van der Waals surface area contributed by atoms with Gasteiger partial charge in [0.1, 0.15) is 17.3 Å². The van der Waals surface area contributed by atoms with Gasteiger partial charge in [-0.05, 0) is 19.1 Å². The number of nitrogens with one attached hydrogen (secondary N) is 1. The quantitative estimate of drug-likeness (QED) is 0.553. The van der Waals surface area contributed by atoms with Crippen LogP contribution in [0.5, 0.6) is 11.5 Å². The van der Waals surface area contributed by atoms with Crippen LogP contribution in [0, 0.1) is 17.0 Å². The van der Waals surface area contributed by atoms with Crippen molar-refractivity contribution < 1.29 is 14.4 Å². The van der Waals surface area contributed by atoms with Gasteiger partial charge in [0.15, 0.2) is 0 Å². The first-order valence-electron chi connectivity index (χ1n) is 7.56. The number of methoxy groups -OCH3 is 2. The molecule has 7 nitrogen and oxygen atoms in total. The second-order valence-corrected chi connectivity index (χ2v) is 5.47. The van der Waals surface area contributed by atoms with Gasteiger partial charge in [0.05, 0.1) is 24.5 Å². The number of nitrogens with zero attached hydrogens (tertiary/aromatic N) is 2. The highest BCUT2D eigenvalue weighted by Gasteiger charge is 2.17. The van der Waals surface area contributed by atoms with Crippen molar-refractivity contribution in [2.24, 2.45) is 0 Å². The first-order chi connectivity index (χ1) is 12.0. The molecule has 1 N–H and O–H groups in total. The average Bonchev–Trinajstić information content (AvgIpc) is 2.60. The van der Waals surface area contributed by atoms with Gasteiger partial charge in [0.25, 0.3) is 5.69 Å². The molecule has 0 saturated carbocycles. The van der Waals surface area contributed by atoms with Crippen molar-refractivity contribution in [3.8, 4) is 11.5 Å². The fourth-order valence-corrected chi connectivity index (χ4v) is 2.71. The number of hydrogen-bond acceptors (Lipinski definition) is 6. The van der Waals surface area contributed by atoms with Crippen LogP contribution in [0.25, 0.3) is 10.8 Å². The Balaban J connectivity index is 2.11. The van der Waals surface area contributed by atoms with Crippen LogP contribution in [0.2, 0.25) is 0 Å². The molecule has 3 aromatic rings. The average molecular weight is 339 g/mol. The smallest absolute Gasteiger partial charge is 0.280 e. The number of nitro benzene ring substituents is 1. The summed E-state index contributed by atoms with van der Waals surface area (Å²) in [5, 5.41) is 15.8. The van der Waals surface area contributed by atoms with Gasteiger partial charge in [0.2, 0.25) is 0 Å². The minimum Gasteiger partial charge on any atom is -0.497 e. The molecule has 0 aliphatic rings. The van der Waals surface area contributed by atoms with Crippen molar-refractivity contribution in [1.29, 1.82) is 0 Å². The lowest BCUT2D eigenvalue weighted by Crippen LogP contribution is -1.99. The number of nitro groups is 1. The van der Waals surface area contributed by atoms with E-state index in [1.54, 1.807) is 57.7 Å². The summed E-state index contributed by atoms with van der Waals surface area (Å²) in [5.41, 5.74) is 1.41. The Hall–Kier alpha value is -3.35. The second kappa shape index (κ2) is 6.64. The van der Waals surface area contributed by atoms with E-state index in [2.05, 4.69) is 10.3 Å². The molecule has 0 aliphatic heterocycles. The fraction of sp³-hybridized carbons (Fsp3) is 0.167. The van der Waals surface area contributed by atoms with E-state index in [0.29, 0.717) is 39.3 Å². The summed E-state index contributed by atoms with van der Waals surface area (Å²) in [5.74, 6) is 1.78. The summed E-state index contributed by atoms with van der Waals surface area (Å²) in [6.45, 7) is 1.72.